The Morgan fingerprint density at radius 1 is 1.12 bits per heavy atom. The van der Waals surface area contributed by atoms with Crippen LogP contribution in [0, 0.1) is 0 Å². The van der Waals surface area contributed by atoms with Gasteiger partial charge in [0, 0.05) is 24.8 Å². The van der Waals surface area contributed by atoms with E-state index >= 15 is 0 Å². The van der Waals surface area contributed by atoms with Crippen LogP contribution in [0.15, 0.2) is 18.2 Å². The molecule has 2 atom stereocenters. The van der Waals surface area contributed by atoms with Crippen LogP contribution in [-0.2, 0) is 19.9 Å². The zero-order valence-electron chi connectivity index (χ0n) is 14.3. The Kier molecular flexibility index (Phi) is 4.93. The highest BCUT2D eigenvalue weighted by molar-refractivity contribution is 5.96. The van der Waals surface area contributed by atoms with E-state index in [-0.39, 0.29) is 17.5 Å². The molecule has 0 bridgehead atoms. The van der Waals surface area contributed by atoms with E-state index < -0.39 is 11.6 Å². The third kappa shape index (κ3) is 2.83. The van der Waals surface area contributed by atoms with Gasteiger partial charge in [-0.2, -0.15) is 0 Å². The maximum absolute atomic E-state index is 13.1. The number of benzene rings is 1. The molecule has 0 aliphatic heterocycles. The normalized spacial score (nSPS) is 27.7. The number of rotatable bonds is 1. The highest BCUT2D eigenvalue weighted by Gasteiger charge is 2.60. The molecule has 0 saturated heterocycles. The van der Waals surface area contributed by atoms with Crippen LogP contribution in [0.4, 0.5) is 0 Å². The summed E-state index contributed by atoms with van der Waals surface area (Å²) in [6.45, 7) is 1.34. The van der Waals surface area contributed by atoms with Gasteiger partial charge in [-0.05, 0) is 24.5 Å². The van der Waals surface area contributed by atoms with Gasteiger partial charge >= 0.3 is 5.97 Å². The Balaban J connectivity index is 2.02. The number of phenolic OH excluding ortho intramolecular Hbond substituents is 1. The number of Topliss-reactive ketones (excluding diaryl/α,β-unsaturated/α-hetero) is 1. The van der Waals surface area contributed by atoms with Crippen molar-refractivity contribution in [3.8, 4) is 5.75 Å². The Morgan fingerprint density at radius 3 is 2.50 bits per heavy atom. The molecule has 0 radical (unpaired) electrons. The van der Waals surface area contributed by atoms with Crippen LogP contribution < -0.4 is 0 Å². The molecule has 2 unspecified atom stereocenters. The molecule has 2 aliphatic rings. The molecule has 0 heterocycles. The van der Waals surface area contributed by atoms with E-state index in [0.717, 1.165) is 44.1 Å². The maximum Gasteiger partial charge on any atom is 0.303 e. The zero-order chi connectivity index (χ0) is 17.2. The van der Waals surface area contributed by atoms with Crippen molar-refractivity contribution >= 4 is 11.8 Å². The first-order chi connectivity index (χ1) is 11.6. The second kappa shape index (κ2) is 6.96. The first-order valence-electron chi connectivity index (χ1n) is 9.12. The summed E-state index contributed by atoms with van der Waals surface area (Å²) in [5, 5.41) is 10.3. The van der Waals surface area contributed by atoms with Crippen molar-refractivity contribution in [1.82, 2.24) is 0 Å². The summed E-state index contributed by atoms with van der Waals surface area (Å²) in [4.78, 5) is 24.9. The molecule has 130 valence electrons. The summed E-state index contributed by atoms with van der Waals surface area (Å²) >= 11 is 0. The van der Waals surface area contributed by atoms with Crippen molar-refractivity contribution < 1.29 is 19.4 Å². The first-order valence-corrected chi connectivity index (χ1v) is 9.12. The lowest BCUT2D eigenvalue weighted by atomic mass is 9.59. The number of carbonyl (C=O) groups is 2. The van der Waals surface area contributed by atoms with Gasteiger partial charge in [0.15, 0.2) is 5.78 Å². The Hall–Kier alpha value is -1.84. The van der Waals surface area contributed by atoms with E-state index in [1.54, 1.807) is 12.1 Å². The SMILES string of the molecule is CC(=O)OC12C(=O)CCCCCCCCCC1c1cccc(O)c12. The lowest BCUT2D eigenvalue weighted by molar-refractivity contribution is -0.175. The number of carbonyl (C=O) groups excluding carboxylic acids is 2. The molecule has 0 amide bonds. The predicted molar refractivity (Wildman–Crippen MR) is 90.9 cm³/mol. The van der Waals surface area contributed by atoms with Gasteiger partial charge in [-0.25, -0.2) is 0 Å². The topological polar surface area (TPSA) is 63.6 Å². The summed E-state index contributed by atoms with van der Waals surface area (Å²) in [7, 11) is 0. The number of ether oxygens (including phenoxy) is 1. The molecule has 2 aliphatic carbocycles. The molecule has 1 saturated carbocycles. The van der Waals surface area contributed by atoms with E-state index in [4.69, 9.17) is 4.74 Å². The predicted octanol–water partition coefficient (Wildman–Crippen LogP) is 4.34. The Labute approximate surface area is 143 Å². The van der Waals surface area contributed by atoms with Crippen LogP contribution in [-0.4, -0.2) is 16.9 Å². The molecule has 3 rings (SSSR count). The number of hydrogen-bond acceptors (Lipinski definition) is 4. The molecular weight excluding hydrogens is 304 g/mol. The van der Waals surface area contributed by atoms with Crippen LogP contribution in [0.5, 0.6) is 5.75 Å². The maximum atomic E-state index is 13.1. The lowest BCUT2D eigenvalue weighted by Crippen LogP contribution is -2.53. The molecule has 4 heteroatoms. The molecule has 1 aromatic carbocycles. The molecule has 1 aromatic rings. The fourth-order valence-corrected chi connectivity index (χ4v) is 4.37. The number of ketones is 1. The molecule has 0 spiro atoms. The van der Waals surface area contributed by atoms with Crippen LogP contribution in [0.2, 0.25) is 0 Å². The second-order valence-corrected chi connectivity index (χ2v) is 7.06. The smallest absolute Gasteiger partial charge is 0.303 e. The summed E-state index contributed by atoms with van der Waals surface area (Å²) in [5.74, 6) is -0.590. The van der Waals surface area contributed by atoms with Crippen molar-refractivity contribution in [3.05, 3.63) is 29.3 Å². The summed E-state index contributed by atoms with van der Waals surface area (Å²) in [6, 6.07) is 5.32. The standard InChI is InChI=1S/C20H26O4/c1-14(21)24-20-16(15-10-9-12-17(22)19(15)20)11-7-5-3-2-4-6-8-13-18(20)23/h9-10,12,16,22H,2-8,11,13H2,1H3. The molecule has 1 fully saturated rings. The van der Waals surface area contributed by atoms with Crippen molar-refractivity contribution in [2.24, 2.45) is 0 Å². The minimum atomic E-state index is -1.27. The van der Waals surface area contributed by atoms with Crippen molar-refractivity contribution in [2.75, 3.05) is 0 Å². The number of aromatic hydroxyl groups is 1. The quantitative estimate of drug-likeness (QED) is 0.778. The number of phenols is 1. The number of fused-ring (bicyclic) bond motifs is 4. The van der Waals surface area contributed by atoms with E-state index in [9.17, 15) is 14.7 Å². The highest BCUT2D eigenvalue weighted by Crippen LogP contribution is 2.59. The molecule has 1 N–H and O–H groups in total. The van der Waals surface area contributed by atoms with Gasteiger partial charge in [0.25, 0.3) is 0 Å². The molecule has 4 nitrogen and oxygen atoms in total. The van der Waals surface area contributed by atoms with E-state index in [2.05, 4.69) is 0 Å². The molecule has 0 aromatic heterocycles. The van der Waals surface area contributed by atoms with Gasteiger partial charge in [-0.1, -0.05) is 50.7 Å². The summed E-state index contributed by atoms with van der Waals surface area (Å²) < 4.78 is 5.65. The molecule has 24 heavy (non-hydrogen) atoms. The number of esters is 1. The van der Waals surface area contributed by atoms with Crippen molar-refractivity contribution in [1.29, 1.82) is 0 Å². The van der Waals surface area contributed by atoms with Gasteiger partial charge in [0.05, 0.1) is 0 Å². The van der Waals surface area contributed by atoms with Crippen molar-refractivity contribution in [3.63, 3.8) is 0 Å². The van der Waals surface area contributed by atoms with Crippen LogP contribution in [0.25, 0.3) is 0 Å². The summed E-state index contributed by atoms with van der Waals surface area (Å²) in [6.07, 6.45) is 8.80. The Morgan fingerprint density at radius 2 is 1.79 bits per heavy atom. The monoisotopic (exact) mass is 330 g/mol. The van der Waals surface area contributed by atoms with Gasteiger partial charge in [0.1, 0.15) is 5.75 Å². The lowest BCUT2D eigenvalue weighted by Gasteiger charge is -2.49. The van der Waals surface area contributed by atoms with Crippen LogP contribution >= 0.6 is 0 Å². The van der Waals surface area contributed by atoms with E-state index in [0.29, 0.717) is 12.0 Å². The van der Waals surface area contributed by atoms with Gasteiger partial charge in [-0.3, -0.25) is 9.59 Å². The number of hydrogen-bond donors (Lipinski definition) is 1. The second-order valence-electron chi connectivity index (χ2n) is 7.06. The highest BCUT2D eigenvalue weighted by atomic mass is 16.6. The fraction of sp³-hybridized carbons (Fsp3) is 0.600. The van der Waals surface area contributed by atoms with Crippen LogP contribution in [0.1, 0.15) is 81.8 Å². The van der Waals surface area contributed by atoms with Gasteiger partial charge < -0.3 is 9.84 Å². The van der Waals surface area contributed by atoms with E-state index in [1.807, 2.05) is 6.07 Å². The average Bonchev–Trinajstić information content (AvgIpc) is 2.52. The third-order valence-electron chi connectivity index (χ3n) is 5.43. The van der Waals surface area contributed by atoms with Gasteiger partial charge in [-0.15, -0.1) is 0 Å². The minimum Gasteiger partial charge on any atom is -0.507 e. The fourth-order valence-electron chi connectivity index (χ4n) is 4.37. The van der Waals surface area contributed by atoms with Crippen LogP contribution in [0.3, 0.4) is 0 Å². The minimum absolute atomic E-state index is 0.0581. The van der Waals surface area contributed by atoms with E-state index in [1.165, 1.54) is 19.8 Å². The van der Waals surface area contributed by atoms with Crippen molar-refractivity contribution in [2.45, 2.75) is 76.2 Å². The first kappa shape index (κ1) is 17.0. The summed E-state index contributed by atoms with van der Waals surface area (Å²) in [5.41, 5.74) is 0.208. The van der Waals surface area contributed by atoms with Gasteiger partial charge in [0.2, 0.25) is 5.60 Å². The zero-order valence-corrected chi connectivity index (χ0v) is 14.3. The third-order valence-corrected chi connectivity index (χ3v) is 5.43. The Bertz CT molecular complexity index is 637. The average molecular weight is 330 g/mol. The largest absolute Gasteiger partial charge is 0.507 e. The molecular formula is C20H26O4.